The number of anilines is 4. The maximum absolute atomic E-state index is 11.7. The van der Waals surface area contributed by atoms with Gasteiger partial charge in [-0.15, -0.1) is 45.3 Å². The zero-order valence-corrected chi connectivity index (χ0v) is 61.8. The van der Waals surface area contributed by atoms with Gasteiger partial charge in [0.05, 0.1) is 35.8 Å². The molecule has 20 heteroatoms. The van der Waals surface area contributed by atoms with Gasteiger partial charge in [0, 0.05) is 93.9 Å². The Morgan fingerprint density at radius 2 is 0.716 bits per heavy atom. The van der Waals surface area contributed by atoms with Gasteiger partial charge in [0.25, 0.3) is 0 Å². The third-order valence-corrected chi connectivity index (χ3v) is 25.4. The van der Waals surface area contributed by atoms with E-state index in [4.69, 9.17) is 20.4 Å². The Morgan fingerprint density at radius 1 is 0.382 bits per heavy atom. The van der Waals surface area contributed by atoms with E-state index in [0.717, 1.165) is 141 Å². The number of aryl methyl sites for hydroxylation is 2. The van der Waals surface area contributed by atoms with Crippen molar-refractivity contribution in [1.82, 2.24) is 30.0 Å². The third-order valence-electron chi connectivity index (χ3n) is 18.7. The van der Waals surface area contributed by atoms with Crippen molar-refractivity contribution in [2.75, 3.05) is 22.9 Å². The molecule has 14 nitrogen and oxygen atoms in total. The van der Waals surface area contributed by atoms with Gasteiger partial charge in [-0.3, -0.25) is 0 Å². The van der Waals surface area contributed by atoms with Crippen LogP contribution in [0.5, 0.6) is 0 Å². The number of hydrogen-bond donors (Lipinski definition) is 2. The predicted molar refractivity (Wildman–Crippen MR) is 422 cm³/mol. The van der Waals surface area contributed by atoms with E-state index < -0.39 is 11.9 Å². The summed E-state index contributed by atoms with van der Waals surface area (Å²) in [7, 11) is 0. The smallest absolute Gasteiger partial charge is 0.346 e. The average molecular weight is 1460 g/mol. The summed E-state index contributed by atoms with van der Waals surface area (Å²) in [5, 5.41) is 58.5. The second-order valence-electron chi connectivity index (χ2n) is 25.7. The molecule has 0 bridgehead atoms. The van der Waals surface area contributed by atoms with Gasteiger partial charge < -0.3 is 20.0 Å². The highest BCUT2D eigenvalue weighted by Gasteiger charge is 2.28. The number of hydrogen-bond acceptors (Lipinski definition) is 16. The molecule has 0 saturated carbocycles. The normalized spacial score (nSPS) is 12.7. The number of aromatic nitrogens is 6. The van der Waals surface area contributed by atoms with Crippen LogP contribution in [0, 0.1) is 22.7 Å². The van der Waals surface area contributed by atoms with Gasteiger partial charge in [-0.25, -0.2) is 9.59 Å². The number of unbranched alkanes of at least 4 members (excludes halogenated alkanes) is 13. The highest BCUT2D eigenvalue weighted by atomic mass is 32.2. The molecule has 0 radical (unpaired) electrons. The number of para-hydroxylation sites is 2. The van der Waals surface area contributed by atoms with Crippen molar-refractivity contribution >= 4 is 138 Å². The monoisotopic (exact) mass is 1460 g/mol. The molecular formula is C82H76N10O4S6. The van der Waals surface area contributed by atoms with E-state index in [9.17, 15) is 30.3 Å². The lowest BCUT2D eigenvalue weighted by Crippen LogP contribution is -2.23. The Morgan fingerprint density at radius 3 is 1.10 bits per heavy atom. The number of carboxylic acids is 2. The molecule has 0 unspecified atom stereocenters. The number of benzene rings is 6. The summed E-state index contributed by atoms with van der Waals surface area (Å²) in [4.78, 5) is 44.9. The van der Waals surface area contributed by atoms with Crippen LogP contribution in [0.1, 0.15) is 126 Å². The summed E-state index contributed by atoms with van der Waals surface area (Å²) in [6, 6.07) is 60.1. The summed E-state index contributed by atoms with van der Waals surface area (Å²) in [5.41, 5.74) is 13.9. The Kier molecular flexibility index (Phi) is 22.1. The number of nitrogens with zero attached hydrogens (tertiary/aromatic N) is 10. The highest BCUT2D eigenvalue weighted by molar-refractivity contribution is 8.00. The molecule has 14 rings (SSSR count). The number of thiophene rings is 4. The summed E-state index contributed by atoms with van der Waals surface area (Å²) in [6.07, 6.45) is 21.2. The molecule has 0 fully saturated rings. The van der Waals surface area contributed by atoms with E-state index >= 15 is 0 Å². The number of carboxylic acid groups (broad SMARTS) is 2. The van der Waals surface area contributed by atoms with Crippen LogP contribution in [0.4, 0.5) is 22.7 Å². The summed E-state index contributed by atoms with van der Waals surface area (Å²) in [6.45, 7) is 7.75. The van der Waals surface area contributed by atoms with Gasteiger partial charge in [0.2, 0.25) is 0 Å². The fraction of sp³-hybridized carbons (Fsp3) is 0.268. The molecule has 0 atom stereocenters. The van der Waals surface area contributed by atoms with E-state index in [1.54, 1.807) is 34.8 Å². The Bertz CT molecular complexity index is 4900. The van der Waals surface area contributed by atoms with Gasteiger partial charge in [-0.05, 0) is 146 Å². The number of aliphatic carboxylic acids is 2. The summed E-state index contributed by atoms with van der Waals surface area (Å²) < 4.78 is 0. The molecule has 12 aromatic rings. The first-order valence-corrected chi connectivity index (χ1v) is 40.2. The first kappa shape index (κ1) is 69.7. The molecule has 8 heterocycles. The van der Waals surface area contributed by atoms with E-state index in [1.807, 2.05) is 57.4 Å². The highest BCUT2D eigenvalue weighted by Crippen LogP contribution is 2.53. The molecular weight excluding hydrogens is 1380 g/mol. The molecule has 102 heavy (non-hydrogen) atoms. The Hall–Kier alpha value is -9.38. The molecule has 0 spiro atoms. The first-order valence-electron chi connectivity index (χ1n) is 35.3. The number of fused-ring (bicyclic) bond motifs is 6. The molecule has 514 valence electrons. The third kappa shape index (κ3) is 15.4. The van der Waals surface area contributed by atoms with Crippen molar-refractivity contribution in [3.05, 3.63) is 179 Å². The standard InChI is InChI=1S/C82H76N10O4S6/c1-3-5-7-9-11-21-45-91-85-77-59(69-37-29-57(97-69)47-55(51-83)81(93)94)31-33-61(79(77)87-91)71-41-39-67(99-71)53-27-35-65-75(49-53)101-73-25-17-15-23-63(73)89(65)43-19-13-14-20-44-90-64-24-16-18-26-74(64)102-76-50-54(28-36-66(76)90)68-40-42-72(100-68)62-34-32-60(70-38-30-58(98-70)48-56(52-84)82(95)96)78-80(62)88-92(86-78)46-22-12-10-8-6-4-2/h15-18,23-42,47-50H,3-14,19-22,43-46H2,1-2H3,(H,93,94)(H,95,96)/b55-47-,56-48-. The van der Waals surface area contributed by atoms with E-state index in [1.165, 1.54) is 149 Å². The van der Waals surface area contributed by atoms with Crippen LogP contribution in [0.25, 0.3) is 96.9 Å². The predicted octanol–water partition coefficient (Wildman–Crippen LogP) is 23.6. The van der Waals surface area contributed by atoms with Crippen LogP contribution < -0.4 is 9.80 Å². The van der Waals surface area contributed by atoms with Crippen molar-refractivity contribution < 1.29 is 19.8 Å². The number of nitriles is 2. The van der Waals surface area contributed by atoms with Gasteiger partial charge in [0.1, 0.15) is 45.4 Å². The minimum atomic E-state index is -1.25. The quantitative estimate of drug-likeness (QED) is 0.0237. The topological polar surface area (TPSA) is 190 Å². The van der Waals surface area contributed by atoms with Crippen molar-refractivity contribution in [2.45, 2.75) is 149 Å². The first-order chi connectivity index (χ1) is 50.0. The van der Waals surface area contributed by atoms with Crippen molar-refractivity contribution in [2.24, 2.45) is 0 Å². The summed E-state index contributed by atoms with van der Waals surface area (Å²) >= 11 is 10.1. The van der Waals surface area contributed by atoms with Crippen LogP contribution in [0.3, 0.4) is 0 Å². The lowest BCUT2D eigenvalue weighted by atomic mass is 10.1. The van der Waals surface area contributed by atoms with Crippen LogP contribution in [0.2, 0.25) is 0 Å². The zero-order chi connectivity index (χ0) is 70.1. The fourth-order valence-corrected chi connectivity index (χ4v) is 19.8. The minimum absolute atomic E-state index is 0.303. The molecule has 2 N–H and O–H groups in total. The molecule has 6 aromatic carbocycles. The second-order valence-corrected chi connectivity index (χ2v) is 32.3. The average Bonchev–Trinajstić information content (AvgIpc) is 1.40. The maximum atomic E-state index is 11.7. The van der Waals surface area contributed by atoms with Gasteiger partial charge in [-0.2, -0.15) is 40.5 Å². The van der Waals surface area contributed by atoms with Gasteiger partial charge in [-0.1, -0.05) is 175 Å². The Labute approximate surface area is 618 Å². The number of carbonyl (C=O) groups is 2. The van der Waals surface area contributed by atoms with E-state index in [-0.39, 0.29) is 11.1 Å². The fourth-order valence-electron chi connectivity index (χ4n) is 13.5. The van der Waals surface area contributed by atoms with Gasteiger partial charge >= 0.3 is 11.9 Å². The summed E-state index contributed by atoms with van der Waals surface area (Å²) in [5.74, 6) is -2.49. The molecule has 2 aliphatic rings. The SMILES string of the molecule is CCCCCCCCn1nc2c(-c3ccc(/C=C(/C#N)C(=O)O)s3)ccc(-c3ccc(-c4ccc5c(c4)Sc4ccccc4N5CCCCCCN4c5ccccc5Sc5cc(-c6ccc(-c7ccc(-c8ccc(/C=C(/C#N)C(=O)O)s8)c8nn(CCCCCCCC)nc78)s6)ccc54)s3)c2n1. The molecule has 0 saturated heterocycles. The van der Waals surface area contributed by atoms with Crippen molar-refractivity contribution in [1.29, 1.82) is 10.5 Å². The van der Waals surface area contributed by atoms with Crippen LogP contribution >= 0.6 is 68.9 Å². The lowest BCUT2D eigenvalue weighted by Gasteiger charge is -2.33. The lowest BCUT2D eigenvalue weighted by molar-refractivity contribution is -0.133. The molecule has 6 aromatic heterocycles. The molecule has 2 aliphatic heterocycles. The number of rotatable bonds is 31. The van der Waals surface area contributed by atoms with Crippen LogP contribution in [-0.2, 0) is 22.7 Å². The minimum Gasteiger partial charge on any atom is -0.477 e. The second kappa shape index (κ2) is 32.3. The van der Waals surface area contributed by atoms with Crippen molar-refractivity contribution in [3.8, 4) is 74.8 Å². The van der Waals surface area contributed by atoms with E-state index in [0.29, 0.717) is 9.75 Å². The van der Waals surface area contributed by atoms with Crippen LogP contribution in [-0.4, -0.2) is 65.2 Å². The largest absolute Gasteiger partial charge is 0.477 e. The van der Waals surface area contributed by atoms with E-state index in [2.05, 4.69) is 157 Å². The van der Waals surface area contributed by atoms with Crippen molar-refractivity contribution in [3.63, 3.8) is 0 Å². The zero-order valence-electron chi connectivity index (χ0n) is 56.9. The maximum Gasteiger partial charge on any atom is 0.346 e. The Balaban J connectivity index is 0.650. The molecule has 0 aliphatic carbocycles. The van der Waals surface area contributed by atoms with Gasteiger partial charge in [0.15, 0.2) is 0 Å². The molecule has 0 amide bonds. The van der Waals surface area contributed by atoms with Crippen LogP contribution in [0.15, 0.2) is 188 Å².